The number of fused-ring (bicyclic) bond motifs is 7. The summed E-state index contributed by atoms with van der Waals surface area (Å²) < 4.78 is 5.89. The Morgan fingerprint density at radius 2 is 1.43 bits per heavy atom. The quantitative estimate of drug-likeness (QED) is 0.249. The topological polar surface area (TPSA) is 97.2 Å². The summed E-state index contributed by atoms with van der Waals surface area (Å²) in [5, 5.41) is 11.9. The highest BCUT2D eigenvalue weighted by molar-refractivity contribution is 5.97. The lowest BCUT2D eigenvalue weighted by atomic mass is 9.33. The predicted octanol–water partition coefficient (Wildman–Crippen LogP) is 11.0. The van der Waals surface area contributed by atoms with Gasteiger partial charge in [-0.25, -0.2) is 0 Å². The number of amides is 1. The first-order chi connectivity index (χ1) is 24.0. The molecule has 51 heavy (non-hydrogen) atoms. The highest BCUT2D eigenvalue weighted by Crippen LogP contribution is 2.75. The summed E-state index contributed by atoms with van der Waals surface area (Å²) in [6, 6.07) is 17.2. The van der Waals surface area contributed by atoms with E-state index >= 15 is 0 Å². The van der Waals surface area contributed by atoms with Gasteiger partial charge in [-0.15, -0.1) is 0 Å². The molecule has 9 atom stereocenters. The van der Waals surface area contributed by atoms with E-state index in [1.165, 1.54) is 12.5 Å². The number of hydrogen-bond donors (Lipinski definition) is 1. The summed E-state index contributed by atoms with van der Waals surface area (Å²) >= 11 is 0. The molecule has 4 fully saturated rings. The first-order valence-electron chi connectivity index (χ1n) is 19.3. The second-order valence-corrected chi connectivity index (χ2v) is 18.7. The molecule has 2 aromatic rings. The average Bonchev–Trinajstić information content (AvgIpc) is 3.08. The van der Waals surface area contributed by atoms with E-state index in [1.807, 2.05) is 54.6 Å². The largest absolute Gasteiger partial charge is 0.462 e. The SMILES string of the molecule is CC(=O)O[C@H]1CC[C@@]2(C)[C@H](CC[C@]3(C)[C@@H]2C(=O)C=C2[C@H]4C[C@@](C)(C(=O)Nc5ccc(N=Nc6ccccc6)cc5)CC[C@]4(C)CC[C@@]23C)C1(C)C. The lowest BCUT2D eigenvalue weighted by molar-refractivity contribution is -0.210. The zero-order valence-corrected chi connectivity index (χ0v) is 32.0. The fourth-order valence-electron chi connectivity index (χ4n) is 12.3. The van der Waals surface area contributed by atoms with Crippen molar-refractivity contribution in [3.8, 4) is 0 Å². The van der Waals surface area contributed by atoms with Gasteiger partial charge in [0, 0.05) is 29.4 Å². The van der Waals surface area contributed by atoms with E-state index in [9.17, 15) is 14.4 Å². The molecule has 5 aliphatic carbocycles. The number of ether oxygens (including phenoxy) is 1. The second kappa shape index (κ2) is 12.2. The third kappa shape index (κ3) is 5.63. The molecule has 1 amide bonds. The second-order valence-electron chi connectivity index (χ2n) is 18.7. The van der Waals surface area contributed by atoms with Gasteiger partial charge in [-0.2, -0.15) is 10.2 Å². The number of rotatable bonds is 5. The van der Waals surface area contributed by atoms with Crippen molar-refractivity contribution in [2.24, 2.45) is 60.5 Å². The highest BCUT2D eigenvalue weighted by Gasteiger charge is 2.70. The Balaban J connectivity index is 1.14. The number of nitrogens with one attached hydrogen (secondary N) is 1. The maximum Gasteiger partial charge on any atom is 0.302 e. The van der Waals surface area contributed by atoms with Crippen molar-refractivity contribution >= 4 is 34.7 Å². The standard InChI is InChI=1S/C44H57N3O4/c1-28(48)51-36-19-20-42(6)35(39(36,2)3)18-21-44(8)37(42)34(49)26-32-33-27-41(5,23-22-40(33,4)24-25-43(32,44)7)38(50)45-29-14-16-31(17-15-29)47-46-30-12-10-9-11-13-30/h9-17,26,33,35-37H,18-25,27H2,1-8H3,(H,45,50)/t33-,35-,36+,37-,40-,41+,42+,43+,44-/m1/s1. The zero-order valence-electron chi connectivity index (χ0n) is 32.0. The fraction of sp³-hybridized carbons (Fsp3) is 0.614. The Hall–Kier alpha value is -3.61. The average molecular weight is 692 g/mol. The summed E-state index contributed by atoms with van der Waals surface area (Å²) in [7, 11) is 0. The van der Waals surface area contributed by atoms with Gasteiger partial charge in [-0.1, -0.05) is 72.2 Å². The van der Waals surface area contributed by atoms with Gasteiger partial charge in [0.15, 0.2) is 5.78 Å². The van der Waals surface area contributed by atoms with E-state index in [1.54, 1.807) is 0 Å². The number of azo groups is 1. The zero-order chi connectivity index (χ0) is 36.6. The Morgan fingerprint density at radius 1 is 0.784 bits per heavy atom. The molecule has 0 aromatic heterocycles. The van der Waals surface area contributed by atoms with Crippen LogP contribution >= 0.6 is 0 Å². The number of carbonyl (C=O) groups is 3. The van der Waals surface area contributed by atoms with Gasteiger partial charge in [0.05, 0.1) is 11.4 Å². The molecule has 272 valence electrons. The van der Waals surface area contributed by atoms with Crippen LogP contribution in [0, 0.1) is 50.2 Å². The molecule has 0 heterocycles. The normalized spacial score (nSPS) is 39.8. The van der Waals surface area contributed by atoms with Crippen molar-refractivity contribution in [3.63, 3.8) is 0 Å². The number of ketones is 1. The maximum absolute atomic E-state index is 14.8. The smallest absolute Gasteiger partial charge is 0.302 e. The van der Waals surface area contributed by atoms with Crippen molar-refractivity contribution in [3.05, 3.63) is 66.2 Å². The molecule has 5 aliphatic rings. The first-order valence-corrected chi connectivity index (χ1v) is 19.3. The molecule has 2 aromatic carbocycles. The van der Waals surface area contributed by atoms with Crippen LogP contribution in [0.1, 0.15) is 113 Å². The van der Waals surface area contributed by atoms with E-state index in [4.69, 9.17) is 4.74 Å². The minimum atomic E-state index is -0.557. The number of esters is 1. The van der Waals surface area contributed by atoms with Crippen LogP contribution < -0.4 is 5.32 Å². The molecule has 7 nitrogen and oxygen atoms in total. The van der Waals surface area contributed by atoms with Crippen molar-refractivity contribution in [1.82, 2.24) is 0 Å². The minimum absolute atomic E-state index is 0.0436. The van der Waals surface area contributed by atoms with Gasteiger partial charge < -0.3 is 10.1 Å². The van der Waals surface area contributed by atoms with E-state index in [0.717, 1.165) is 74.8 Å². The van der Waals surface area contributed by atoms with Gasteiger partial charge in [0.2, 0.25) is 5.91 Å². The highest BCUT2D eigenvalue weighted by atomic mass is 16.5. The summed E-state index contributed by atoms with van der Waals surface area (Å²) in [6.07, 6.45) is 10.4. The molecule has 1 N–H and O–H groups in total. The Morgan fingerprint density at radius 3 is 2.10 bits per heavy atom. The molecule has 0 radical (unpaired) electrons. The van der Waals surface area contributed by atoms with E-state index < -0.39 is 5.41 Å². The monoisotopic (exact) mass is 691 g/mol. The number of nitrogens with zero attached hydrogens (tertiary/aromatic N) is 2. The minimum Gasteiger partial charge on any atom is -0.462 e. The third-order valence-electron chi connectivity index (χ3n) is 15.5. The fourth-order valence-corrected chi connectivity index (χ4v) is 12.3. The van der Waals surface area contributed by atoms with Crippen molar-refractivity contribution in [2.45, 2.75) is 119 Å². The Bertz CT molecular complexity index is 1780. The summed E-state index contributed by atoms with van der Waals surface area (Å²) in [6.45, 7) is 17.8. The van der Waals surface area contributed by atoms with Crippen molar-refractivity contribution < 1.29 is 19.1 Å². The van der Waals surface area contributed by atoms with Crippen molar-refractivity contribution in [2.75, 3.05) is 5.32 Å². The summed E-state index contributed by atoms with van der Waals surface area (Å²) in [4.78, 5) is 41.0. The molecule has 7 heteroatoms. The van der Waals surface area contributed by atoms with Crippen LogP contribution in [0.4, 0.5) is 17.1 Å². The van der Waals surface area contributed by atoms with Crippen molar-refractivity contribution in [1.29, 1.82) is 0 Å². The van der Waals surface area contributed by atoms with Gasteiger partial charge in [0.25, 0.3) is 0 Å². The van der Waals surface area contributed by atoms with Crippen LogP contribution in [-0.2, 0) is 19.1 Å². The van der Waals surface area contributed by atoms with Crippen LogP contribution in [0.2, 0.25) is 0 Å². The van der Waals surface area contributed by atoms with Crippen LogP contribution in [0.25, 0.3) is 0 Å². The van der Waals surface area contributed by atoms with Gasteiger partial charge >= 0.3 is 5.97 Å². The third-order valence-corrected chi connectivity index (χ3v) is 15.5. The molecule has 0 bridgehead atoms. The molecular formula is C44H57N3O4. The maximum atomic E-state index is 14.8. The molecule has 0 saturated heterocycles. The van der Waals surface area contributed by atoms with E-state index in [2.05, 4.69) is 70.1 Å². The Labute approximate surface area is 304 Å². The summed E-state index contributed by atoms with van der Waals surface area (Å²) in [5.41, 5.74) is 2.39. The lowest BCUT2D eigenvalue weighted by Gasteiger charge is -2.70. The van der Waals surface area contributed by atoms with Crippen LogP contribution in [0.5, 0.6) is 0 Å². The van der Waals surface area contributed by atoms with Crippen LogP contribution in [0.3, 0.4) is 0 Å². The van der Waals surface area contributed by atoms with Crippen LogP contribution in [-0.4, -0.2) is 23.8 Å². The lowest BCUT2D eigenvalue weighted by Crippen LogP contribution is -2.66. The number of benzene rings is 2. The number of hydrogen-bond acceptors (Lipinski definition) is 6. The molecule has 0 aliphatic heterocycles. The molecule has 0 unspecified atom stereocenters. The summed E-state index contributed by atoms with van der Waals surface area (Å²) in [5.74, 6) is 0.494. The Kier molecular flexibility index (Phi) is 8.58. The molecule has 7 rings (SSSR count). The van der Waals surface area contributed by atoms with Crippen LogP contribution in [0.15, 0.2) is 76.5 Å². The molecule has 0 spiro atoms. The first kappa shape index (κ1) is 35.8. The number of allylic oxidation sites excluding steroid dienone is 2. The molecular weight excluding hydrogens is 635 g/mol. The van der Waals surface area contributed by atoms with E-state index in [-0.39, 0.29) is 62.7 Å². The number of anilines is 1. The molecule has 4 saturated carbocycles. The van der Waals surface area contributed by atoms with Gasteiger partial charge in [-0.05, 0) is 134 Å². The predicted molar refractivity (Wildman–Crippen MR) is 201 cm³/mol. The van der Waals surface area contributed by atoms with Gasteiger partial charge in [-0.3, -0.25) is 14.4 Å². The van der Waals surface area contributed by atoms with E-state index in [0.29, 0.717) is 5.92 Å². The number of carbonyl (C=O) groups excluding carboxylic acids is 3. The van der Waals surface area contributed by atoms with Gasteiger partial charge in [0.1, 0.15) is 6.10 Å².